The van der Waals surface area contributed by atoms with E-state index in [0.29, 0.717) is 17.2 Å². The third-order valence-electron chi connectivity index (χ3n) is 3.78. The summed E-state index contributed by atoms with van der Waals surface area (Å²) in [5, 5.41) is 4.81. The first-order valence-electron chi connectivity index (χ1n) is 7.81. The van der Waals surface area contributed by atoms with Crippen LogP contribution in [0.15, 0.2) is 65.0 Å². The molecular formula is C18H17N3O3S2. The molecule has 0 unspecified atom stereocenters. The Morgan fingerprint density at radius 1 is 1.12 bits per heavy atom. The molecule has 1 amide bonds. The maximum atomic E-state index is 12.3. The van der Waals surface area contributed by atoms with E-state index >= 15 is 0 Å². The monoisotopic (exact) mass is 387 g/mol. The normalized spacial score (nSPS) is 11.1. The number of sulfonamides is 1. The summed E-state index contributed by atoms with van der Waals surface area (Å²) in [6, 6.07) is 13.6. The summed E-state index contributed by atoms with van der Waals surface area (Å²) in [5.74, 6) is -0.259. The van der Waals surface area contributed by atoms with E-state index in [1.165, 1.54) is 41.8 Å². The van der Waals surface area contributed by atoms with Crippen LogP contribution in [0.1, 0.15) is 21.5 Å². The van der Waals surface area contributed by atoms with Crippen LogP contribution in [-0.2, 0) is 16.6 Å². The molecule has 0 aliphatic heterocycles. The molecule has 2 aromatic carbocycles. The number of amides is 1. The van der Waals surface area contributed by atoms with Gasteiger partial charge in [0.25, 0.3) is 15.9 Å². The third kappa shape index (κ3) is 4.27. The van der Waals surface area contributed by atoms with E-state index in [4.69, 9.17) is 0 Å². The van der Waals surface area contributed by atoms with E-state index in [0.717, 1.165) is 11.1 Å². The average Bonchev–Trinajstić information content (AvgIpc) is 3.13. The first-order chi connectivity index (χ1) is 12.5. The van der Waals surface area contributed by atoms with Crippen LogP contribution in [0, 0.1) is 6.92 Å². The van der Waals surface area contributed by atoms with Gasteiger partial charge in [0.15, 0.2) is 5.13 Å². The highest BCUT2D eigenvalue weighted by atomic mass is 32.2. The van der Waals surface area contributed by atoms with Crippen molar-refractivity contribution < 1.29 is 13.2 Å². The Bertz CT molecular complexity index is 998. The number of hydrogen-bond donors (Lipinski definition) is 2. The summed E-state index contributed by atoms with van der Waals surface area (Å²) < 4.78 is 27.0. The van der Waals surface area contributed by atoms with Crippen LogP contribution in [-0.4, -0.2) is 19.3 Å². The van der Waals surface area contributed by atoms with Crippen LogP contribution in [0.3, 0.4) is 0 Å². The van der Waals surface area contributed by atoms with E-state index in [1.807, 2.05) is 31.2 Å². The number of rotatable bonds is 6. The van der Waals surface area contributed by atoms with Gasteiger partial charge >= 0.3 is 0 Å². The lowest BCUT2D eigenvalue weighted by Gasteiger charge is -2.09. The summed E-state index contributed by atoms with van der Waals surface area (Å²) in [7, 11) is -3.72. The number of carbonyl (C=O) groups excluding carboxylic acids is 1. The summed E-state index contributed by atoms with van der Waals surface area (Å²) in [6.45, 7) is 2.40. The molecule has 0 bridgehead atoms. The summed E-state index contributed by atoms with van der Waals surface area (Å²) in [5.41, 5.74) is 2.53. The van der Waals surface area contributed by atoms with Gasteiger partial charge in [0.1, 0.15) is 0 Å². The Kier molecular flexibility index (Phi) is 5.34. The Morgan fingerprint density at radius 2 is 1.85 bits per heavy atom. The van der Waals surface area contributed by atoms with Crippen LogP contribution in [0.2, 0.25) is 0 Å². The van der Waals surface area contributed by atoms with Gasteiger partial charge in [0.05, 0.1) is 4.90 Å². The van der Waals surface area contributed by atoms with Crippen molar-refractivity contribution in [2.24, 2.45) is 0 Å². The van der Waals surface area contributed by atoms with Crippen LogP contribution in [0.5, 0.6) is 0 Å². The summed E-state index contributed by atoms with van der Waals surface area (Å²) >= 11 is 1.19. The summed E-state index contributed by atoms with van der Waals surface area (Å²) in [6.07, 6.45) is 1.52. The molecule has 0 aliphatic rings. The van der Waals surface area contributed by atoms with Gasteiger partial charge in [-0.15, -0.1) is 11.3 Å². The minimum atomic E-state index is -3.72. The third-order valence-corrected chi connectivity index (χ3v) is 5.95. The van der Waals surface area contributed by atoms with Crippen molar-refractivity contribution >= 4 is 32.4 Å². The van der Waals surface area contributed by atoms with Crippen molar-refractivity contribution in [1.82, 2.24) is 10.3 Å². The number of nitrogens with one attached hydrogen (secondary N) is 2. The van der Waals surface area contributed by atoms with Crippen molar-refractivity contribution in [2.45, 2.75) is 18.4 Å². The molecule has 0 saturated heterocycles. The SMILES string of the molecule is Cc1ccccc1CNC(=O)c1ccc(S(=O)(=O)Nc2nccs2)cc1. The minimum absolute atomic E-state index is 0.0724. The molecule has 8 heteroatoms. The zero-order valence-electron chi connectivity index (χ0n) is 14.0. The first kappa shape index (κ1) is 18.1. The Hall–Kier alpha value is -2.71. The molecule has 1 aromatic heterocycles. The zero-order valence-corrected chi connectivity index (χ0v) is 15.6. The number of benzene rings is 2. The molecular weight excluding hydrogens is 370 g/mol. The smallest absolute Gasteiger partial charge is 0.263 e. The van der Waals surface area contributed by atoms with Gasteiger partial charge in [0, 0.05) is 23.7 Å². The standard InChI is InChI=1S/C18H17N3O3S2/c1-13-4-2-3-5-15(13)12-20-17(22)14-6-8-16(9-7-14)26(23,24)21-18-19-10-11-25-18/h2-11H,12H2,1H3,(H,19,21)(H,20,22). The van der Waals surface area contributed by atoms with Crippen LogP contribution in [0.4, 0.5) is 5.13 Å². The molecule has 3 aromatic rings. The average molecular weight is 387 g/mol. The largest absolute Gasteiger partial charge is 0.348 e. The molecule has 0 radical (unpaired) electrons. The maximum Gasteiger partial charge on any atom is 0.263 e. The number of carbonyl (C=O) groups is 1. The number of nitrogens with zero attached hydrogens (tertiary/aromatic N) is 1. The summed E-state index contributed by atoms with van der Waals surface area (Å²) in [4.78, 5) is 16.2. The second kappa shape index (κ2) is 7.67. The Labute approximate surface area is 156 Å². The fourth-order valence-electron chi connectivity index (χ4n) is 2.32. The topological polar surface area (TPSA) is 88.2 Å². The van der Waals surface area contributed by atoms with Crippen LogP contribution < -0.4 is 10.0 Å². The van der Waals surface area contributed by atoms with Crippen molar-refractivity contribution in [3.05, 3.63) is 76.8 Å². The number of hydrogen-bond acceptors (Lipinski definition) is 5. The van der Waals surface area contributed by atoms with Gasteiger partial charge in [-0.25, -0.2) is 13.4 Å². The van der Waals surface area contributed by atoms with Gasteiger partial charge in [-0.3, -0.25) is 9.52 Å². The molecule has 134 valence electrons. The Balaban J connectivity index is 1.67. The molecule has 6 nitrogen and oxygen atoms in total. The van der Waals surface area contributed by atoms with Crippen molar-refractivity contribution in [3.63, 3.8) is 0 Å². The van der Waals surface area contributed by atoms with E-state index in [9.17, 15) is 13.2 Å². The first-order valence-corrected chi connectivity index (χ1v) is 10.2. The van der Waals surface area contributed by atoms with Gasteiger partial charge < -0.3 is 5.32 Å². The van der Waals surface area contributed by atoms with Crippen LogP contribution >= 0.6 is 11.3 Å². The van der Waals surface area contributed by atoms with E-state index in [1.54, 1.807) is 5.38 Å². The lowest BCUT2D eigenvalue weighted by atomic mass is 10.1. The number of aryl methyl sites for hydroxylation is 1. The lowest BCUT2D eigenvalue weighted by molar-refractivity contribution is 0.0951. The molecule has 3 rings (SSSR count). The number of aromatic nitrogens is 1. The predicted molar refractivity (Wildman–Crippen MR) is 102 cm³/mol. The fraction of sp³-hybridized carbons (Fsp3) is 0.111. The highest BCUT2D eigenvalue weighted by molar-refractivity contribution is 7.93. The van der Waals surface area contributed by atoms with E-state index < -0.39 is 10.0 Å². The molecule has 0 saturated carbocycles. The molecule has 26 heavy (non-hydrogen) atoms. The number of anilines is 1. The quantitative estimate of drug-likeness (QED) is 0.680. The highest BCUT2D eigenvalue weighted by Gasteiger charge is 2.16. The molecule has 1 heterocycles. The van der Waals surface area contributed by atoms with Gasteiger partial charge in [0.2, 0.25) is 0 Å². The Morgan fingerprint density at radius 3 is 2.50 bits per heavy atom. The van der Waals surface area contributed by atoms with Crippen molar-refractivity contribution in [1.29, 1.82) is 0 Å². The number of thiazole rings is 1. The maximum absolute atomic E-state index is 12.3. The lowest BCUT2D eigenvalue weighted by Crippen LogP contribution is -2.23. The molecule has 0 aliphatic carbocycles. The second-order valence-corrected chi connectivity index (χ2v) is 8.15. The molecule has 2 N–H and O–H groups in total. The van der Waals surface area contributed by atoms with Gasteiger partial charge in [-0.2, -0.15) is 0 Å². The highest BCUT2D eigenvalue weighted by Crippen LogP contribution is 2.18. The second-order valence-electron chi connectivity index (χ2n) is 5.58. The van der Waals surface area contributed by atoms with Crippen molar-refractivity contribution in [2.75, 3.05) is 4.72 Å². The molecule has 0 spiro atoms. The van der Waals surface area contributed by atoms with E-state index in [-0.39, 0.29) is 10.8 Å². The zero-order chi connectivity index (χ0) is 18.6. The van der Waals surface area contributed by atoms with Gasteiger partial charge in [-0.1, -0.05) is 24.3 Å². The molecule has 0 atom stereocenters. The van der Waals surface area contributed by atoms with Crippen LogP contribution in [0.25, 0.3) is 0 Å². The molecule has 0 fully saturated rings. The predicted octanol–water partition coefficient (Wildman–Crippen LogP) is 3.18. The minimum Gasteiger partial charge on any atom is -0.348 e. The van der Waals surface area contributed by atoms with Crippen molar-refractivity contribution in [3.8, 4) is 0 Å². The van der Waals surface area contributed by atoms with E-state index in [2.05, 4.69) is 15.0 Å². The van der Waals surface area contributed by atoms with Gasteiger partial charge in [-0.05, 0) is 42.3 Å². The fourth-order valence-corrected chi connectivity index (χ4v) is 4.11.